The predicted octanol–water partition coefficient (Wildman–Crippen LogP) is 3.24. The zero-order chi connectivity index (χ0) is 18.4. The van der Waals surface area contributed by atoms with Gasteiger partial charge in [0.05, 0.1) is 24.3 Å². The minimum absolute atomic E-state index is 0.0262. The molecule has 6 nitrogen and oxygen atoms in total. The van der Waals surface area contributed by atoms with E-state index in [-0.39, 0.29) is 5.91 Å². The molecular formula is C20H23N5O. The van der Waals surface area contributed by atoms with Crippen molar-refractivity contribution in [2.75, 3.05) is 11.9 Å². The number of carbonyl (C=O) groups is 1. The lowest BCUT2D eigenvalue weighted by atomic mass is 10.1. The van der Waals surface area contributed by atoms with Gasteiger partial charge in [-0.05, 0) is 45.4 Å². The van der Waals surface area contributed by atoms with Gasteiger partial charge in [0.25, 0.3) is 5.91 Å². The van der Waals surface area contributed by atoms with Crippen molar-refractivity contribution in [3.8, 4) is 0 Å². The summed E-state index contributed by atoms with van der Waals surface area (Å²) in [6.07, 6.45) is 0. The minimum atomic E-state index is 0.0262. The highest BCUT2D eigenvalue weighted by Crippen LogP contribution is 2.29. The molecule has 0 atom stereocenters. The fraction of sp³-hybridized carbons (Fsp3) is 0.350. The second-order valence-electron chi connectivity index (χ2n) is 6.81. The molecule has 1 aliphatic heterocycles. The second kappa shape index (κ2) is 6.12. The Balaban J connectivity index is 1.68. The van der Waals surface area contributed by atoms with Crippen LogP contribution in [0.25, 0.3) is 5.65 Å². The van der Waals surface area contributed by atoms with Crippen molar-refractivity contribution in [2.24, 2.45) is 0 Å². The summed E-state index contributed by atoms with van der Waals surface area (Å²) in [5.74, 6) is 0.0262. The molecule has 0 saturated carbocycles. The van der Waals surface area contributed by atoms with E-state index in [9.17, 15) is 4.79 Å². The molecule has 0 fully saturated rings. The molecule has 2 aromatic heterocycles. The lowest BCUT2D eigenvalue weighted by Gasteiger charge is -2.18. The van der Waals surface area contributed by atoms with Crippen molar-refractivity contribution >= 4 is 17.2 Å². The van der Waals surface area contributed by atoms with E-state index >= 15 is 0 Å². The third-order valence-electron chi connectivity index (χ3n) is 5.22. The van der Waals surface area contributed by atoms with Crippen molar-refractivity contribution in [2.45, 2.75) is 40.8 Å². The molecule has 1 aliphatic rings. The maximum absolute atomic E-state index is 13.1. The average Bonchev–Trinajstić information content (AvgIpc) is 3.19. The van der Waals surface area contributed by atoms with Crippen LogP contribution in [-0.4, -0.2) is 31.9 Å². The first-order valence-corrected chi connectivity index (χ1v) is 8.97. The van der Waals surface area contributed by atoms with Gasteiger partial charge in [0.2, 0.25) is 0 Å². The molecule has 0 bridgehead atoms. The van der Waals surface area contributed by atoms with Crippen molar-refractivity contribution < 1.29 is 4.79 Å². The summed E-state index contributed by atoms with van der Waals surface area (Å²) in [6, 6.07) is 7.66. The van der Waals surface area contributed by atoms with E-state index in [0.717, 1.165) is 46.1 Å². The zero-order valence-corrected chi connectivity index (χ0v) is 15.6. The lowest BCUT2D eigenvalue weighted by molar-refractivity contribution is 0.0750. The Bertz CT molecular complexity index is 1020. The third-order valence-corrected chi connectivity index (χ3v) is 5.22. The zero-order valence-electron chi connectivity index (χ0n) is 15.6. The Morgan fingerprint density at radius 1 is 1.19 bits per heavy atom. The average molecular weight is 349 g/mol. The Labute approximate surface area is 152 Å². The Morgan fingerprint density at radius 2 is 1.96 bits per heavy atom. The molecule has 0 radical (unpaired) electrons. The number of benzene rings is 1. The van der Waals surface area contributed by atoms with Gasteiger partial charge in [-0.15, -0.1) is 0 Å². The van der Waals surface area contributed by atoms with Crippen molar-refractivity contribution in [1.29, 1.82) is 0 Å². The van der Waals surface area contributed by atoms with E-state index in [1.165, 1.54) is 0 Å². The lowest BCUT2D eigenvalue weighted by Crippen LogP contribution is -2.27. The number of aromatic nitrogens is 3. The number of nitrogens with one attached hydrogen (secondary N) is 1. The molecular weight excluding hydrogens is 326 g/mol. The van der Waals surface area contributed by atoms with Crippen molar-refractivity contribution in [1.82, 2.24) is 19.5 Å². The standard InChI is InChI=1S/C20H23N5O/c1-5-21-17-9-7-6-8-15(17)20(26)24-10-16-18(11-24)23-25-14(4)12(2)13(3)22-19(16)25/h6-9,21H,5,10-11H2,1-4H3. The van der Waals surface area contributed by atoms with Crippen LogP contribution in [0.2, 0.25) is 0 Å². The molecule has 0 unspecified atom stereocenters. The molecule has 4 rings (SSSR count). The molecule has 134 valence electrons. The number of para-hydroxylation sites is 1. The van der Waals surface area contributed by atoms with Crippen LogP contribution in [0.3, 0.4) is 0 Å². The highest BCUT2D eigenvalue weighted by atomic mass is 16.2. The van der Waals surface area contributed by atoms with Crippen LogP contribution >= 0.6 is 0 Å². The summed E-state index contributed by atoms with van der Waals surface area (Å²) < 4.78 is 1.92. The summed E-state index contributed by atoms with van der Waals surface area (Å²) in [7, 11) is 0. The predicted molar refractivity (Wildman–Crippen MR) is 101 cm³/mol. The molecule has 0 saturated heterocycles. The van der Waals surface area contributed by atoms with Crippen molar-refractivity contribution in [3.05, 3.63) is 58.0 Å². The number of fused-ring (bicyclic) bond motifs is 3. The van der Waals surface area contributed by atoms with Crippen LogP contribution < -0.4 is 5.32 Å². The van der Waals surface area contributed by atoms with Gasteiger partial charge >= 0.3 is 0 Å². The van der Waals surface area contributed by atoms with E-state index < -0.39 is 0 Å². The largest absolute Gasteiger partial charge is 0.385 e. The van der Waals surface area contributed by atoms with Gasteiger partial charge in [-0.25, -0.2) is 9.50 Å². The Morgan fingerprint density at radius 3 is 2.73 bits per heavy atom. The number of hydrogen-bond donors (Lipinski definition) is 1. The van der Waals surface area contributed by atoms with Crippen LogP contribution in [0.5, 0.6) is 0 Å². The third kappa shape index (κ3) is 2.44. The number of rotatable bonds is 3. The number of nitrogens with zero attached hydrogens (tertiary/aromatic N) is 4. The maximum Gasteiger partial charge on any atom is 0.256 e. The minimum Gasteiger partial charge on any atom is -0.385 e. The van der Waals surface area contributed by atoms with E-state index in [4.69, 9.17) is 10.1 Å². The van der Waals surface area contributed by atoms with Crippen LogP contribution in [-0.2, 0) is 13.1 Å². The highest BCUT2D eigenvalue weighted by molar-refractivity contribution is 6.00. The van der Waals surface area contributed by atoms with Crippen LogP contribution in [0.15, 0.2) is 24.3 Å². The first-order valence-electron chi connectivity index (χ1n) is 8.97. The quantitative estimate of drug-likeness (QED) is 0.788. The second-order valence-corrected chi connectivity index (χ2v) is 6.81. The summed E-state index contributed by atoms with van der Waals surface area (Å²) in [4.78, 5) is 19.6. The van der Waals surface area contributed by atoms with E-state index in [1.807, 2.05) is 47.5 Å². The van der Waals surface area contributed by atoms with Crippen LogP contribution in [0.1, 0.15) is 45.5 Å². The number of amides is 1. The monoisotopic (exact) mass is 349 g/mol. The maximum atomic E-state index is 13.1. The molecule has 3 heterocycles. The number of hydrogen-bond acceptors (Lipinski definition) is 4. The summed E-state index contributed by atoms with van der Waals surface area (Å²) in [5, 5.41) is 7.99. The number of aryl methyl sites for hydroxylation is 2. The van der Waals surface area contributed by atoms with E-state index in [2.05, 4.69) is 19.2 Å². The highest BCUT2D eigenvalue weighted by Gasteiger charge is 2.31. The molecule has 3 aromatic rings. The molecule has 1 N–H and O–H groups in total. The van der Waals surface area contributed by atoms with Crippen molar-refractivity contribution in [3.63, 3.8) is 0 Å². The molecule has 6 heteroatoms. The van der Waals surface area contributed by atoms with Gasteiger partial charge in [0, 0.05) is 29.2 Å². The molecule has 0 spiro atoms. The number of anilines is 1. The summed E-state index contributed by atoms with van der Waals surface area (Å²) in [5.41, 5.74) is 7.73. The first kappa shape index (κ1) is 16.6. The summed E-state index contributed by atoms with van der Waals surface area (Å²) >= 11 is 0. The molecule has 1 amide bonds. The van der Waals surface area contributed by atoms with Gasteiger partial charge in [-0.2, -0.15) is 5.10 Å². The summed E-state index contributed by atoms with van der Waals surface area (Å²) in [6.45, 7) is 10.0. The van der Waals surface area contributed by atoms with E-state index in [0.29, 0.717) is 18.7 Å². The van der Waals surface area contributed by atoms with Gasteiger partial charge in [-0.1, -0.05) is 12.1 Å². The smallest absolute Gasteiger partial charge is 0.256 e. The molecule has 26 heavy (non-hydrogen) atoms. The van der Waals surface area contributed by atoms with Gasteiger partial charge in [0.15, 0.2) is 5.65 Å². The van der Waals surface area contributed by atoms with E-state index in [1.54, 1.807) is 0 Å². The Kier molecular flexibility index (Phi) is 3.90. The van der Waals surface area contributed by atoms with Crippen LogP contribution in [0, 0.1) is 20.8 Å². The van der Waals surface area contributed by atoms with Gasteiger partial charge in [-0.3, -0.25) is 4.79 Å². The Hall–Kier alpha value is -2.89. The van der Waals surface area contributed by atoms with Crippen LogP contribution in [0.4, 0.5) is 5.69 Å². The fourth-order valence-electron chi connectivity index (χ4n) is 3.54. The SMILES string of the molecule is CCNc1ccccc1C(=O)N1Cc2nn3c(C)c(C)c(C)nc3c2C1. The normalized spacial score (nSPS) is 13.3. The molecule has 0 aliphatic carbocycles. The fourth-order valence-corrected chi connectivity index (χ4v) is 3.54. The molecule has 1 aromatic carbocycles. The number of carbonyl (C=O) groups excluding carboxylic acids is 1. The van der Waals surface area contributed by atoms with Gasteiger partial charge in [0.1, 0.15) is 0 Å². The van der Waals surface area contributed by atoms with Gasteiger partial charge < -0.3 is 10.2 Å². The topological polar surface area (TPSA) is 62.5 Å². The first-order chi connectivity index (χ1) is 12.5.